The number of carbonyl (C=O) groups excluding carboxylic acids is 2. The Morgan fingerprint density at radius 1 is 1.11 bits per heavy atom. The Labute approximate surface area is 164 Å². The van der Waals surface area contributed by atoms with Gasteiger partial charge >= 0.3 is 0 Å². The molecule has 3 rings (SSSR count). The number of nitrogens with zero attached hydrogens (tertiary/aromatic N) is 1. The van der Waals surface area contributed by atoms with Crippen molar-refractivity contribution >= 4 is 39.9 Å². The maximum atomic E-state index is 13.6. The molecule has 0 radical (unpaired) electrons. The summed E-state index contributed by atoms with van der Waals surface area (Å²) in [5, 5.41) is 7.73. The Bertz CT molecular complexity index is 960. The standard InChI is InChI=1S/C19H15ClFN3O2S/c20-14-7-5-12(6-8-14)9-17(25)24-19-23-16(11-27-19)18(26)22-10-13-3-1-2-4-15(13)21/h1-8,11H,9-10H2,(H,22,26)(H,23,24,25). The Morgan fingerprint density at radius 3 is 2.59 bits per heavy atom. The van der Waals surface area contributed by atoms with Gasteiger partial charge in [-0.2, -0.15) is 0 Å². The van der Waals surface area contributed by atoms with Crippen molar-refractivity contribution in [1.29, 1.82) is 0 Å². The molecule has 0 atom stereocenters. The van der Waals surface area contributed by atoms with Crippen molar-refractivity contribution < 1.29 is 14.0 Å². The second kappa shape index (κ2) is 8.75. The third-order valence-electron chi connectivity index (χ3n) is 3.66. The van der Waals surface area contributed by atoms with E-state index < -0.39 is 5.91 Å². The fraction of sp³-hybridized carbons (Fsp3) is 0.105. The van der Waals surface area contributed by atoms with Crippen LogP contribution in [0, 0.1) is 5.82 Å². The zero-order valence-electron chi connectivity index (χ0n) is 14.0. The molecule has 0 aliphatic heterocycles. The summed E-state index contributed by atoms with van der Waals surface area (Å²) in [6.45, 7) is 0.0568. The monoisotopic (exact) mass is 403 g/mol. The van der Waals surface area contributed by atoms with Crippen LogP contribution in [0.25, 0.3) is 0 Å². The van der Waals surface area contributed by atoms with Gasteiger partial charge in [0.05, 0.1) is 6.42 Å². The summed E-state index contributed by atoms with van der Waals surface area (Å²) in [6.07, 6.45) is 0.172. The van der Waals surface area contributed by atoms with E-state index in [1.165, 1.54) is 11.4 Å². The first-order valence-electron chi connectivity index (χ1n) is 8.02. The molecule has 0 aliphatic carbocycles. The number of thiazole rings is 1. The van der Waals surface area contributed by atoms with E-state index in [4.69, 9.17) is 11.6 Å². The van der Waals surface area contributed by atoms with Crippen LogP contribution < -0.4 is 10.6 Å². The van der Waals surface area contributed by atoms with Gasteiger partial charge in [-0.05, 0) is 23.8 Å². The molecule has 2 aromatic carbocycles. The van der Waals surface area contributed by atoms with Crippen LogP contribution in [0.4, 0.5) is 9.52 Å². The van der Waals surface area contributed by atoms with Gasteiger partial charge in [-0.3, -0.25) is 9.59 Å². The highest BCUT2D eigenvalue weighted by Crippen LogP contribution is 2.17. The van der Waals surface area contributed by atoms with E-state index in [1.807, 2.05) is 0 Å². The summed E-state index contributed by atoms with van der Waals surface area (Å²) >= 11 is 6.96. The fourth-order valence-electron chi connectivity index (χ4n) is 2.29. The fourth-order valence-corrected chi connectivity index (χ4v) is 3.13. The molecule has 0 spiro atoms. The topological polar surface area (TPSA) is 71.1 Å². The zero-order chi connectivity index (χ0) is 19.2. The highest BCUT2D eigenvalue weighted by atomic mass is 35.5. The number of carbonyl (C=O) groups is 2. The Kier molecular flexibility index (Phi) is 6.16. The number of anilines is 1. The van der Waals surface area contributed by atoms with Crippen molar-refractivity contribution in [1.82, 2.24) is 10.3 Å². The van der Waals surface area contributed by atoms with Crippen molar-refractivity contribution in [3.8, 4) is 0 Å². The molecular formula is C19H15ClFN3O2S. The number of halogens is 2. The lowest BCUT2D eigenvalue weighted by atomic mass is 10.1. The third kappa shape index (κ3) is 5.35. The van der Waals surface area contributed by atoms with E-state index in [9.17, 15) is 14.0 Å². The van der Waals surface area contributed by atoms with E-state index in [0.717, 1.165) is 16.9 Å². The van der Waals surface area contributed by atoms with Crippen molar-refractivity contribution in [3.05, 3.63) is 81.6 Å². The number of amides is 2. The van der Waals surface area contributed by atoms with Crippen LogP contribution in [0.2, 0.25) is 5.02 Å². The molecule has 138 valence electrons. The third-order valence-corrected chi connectivity index (χ3v) is 4.67. The number of hydrogen-bond donors (Lipinski definition) is 2. The number of nitrogens with one attached hydrogen (secondary N) is 2. The first-order valence-corrected chi connectivity index (χ1v) is 9.28. The van der Waals surface area contributed by atoms with Crippen LogP contribution >= 0.6 is 22.9 Å². The molecule has 8 heteroatoms. The number of aromatic nitrogens is 1. The summed E-state index contributed by atoms with van der Waals surface area (Å²) in [4.78, 5) is 28.3. The van der Waals surface area contributed by atoms with Crippen molar-refractivity contribution in [2.75, 3.05) is 5.32 Å². The van der Waals surface area contributed by atoms with Crippen LogP contribution in [0.15, 0.2) is 53.9 Å². The molecule has 0 saturated carbocycles. The smallest absolute Gasteiger partial charge is 0.271 e. The van der Waals surface area contributed by atoms with Crippen LogP contribution in [0.5, 0.6) is 0 Å². The van der Waals surface area contributed by atoms with Crippen molar-refractivity contribution in [2.45, 2.75) is 13.0 Å². The predicted molar refractivity (Wildman–Crippen MR) is 103 cm³/mol. The highest BCUT2D eigenvalue weighted by molar-refractivity contribution is 7.14. The lowest BCUT2D eigenvalue weighted by Crippen LogP contribution is -2.23. The maximum absolute atomic E-state index is 13.6. The van der Waals surface area contributed by atoms with Gasteiger partial charge in [-0.1, -0.05) is 41.9 Å². The quantitative estimate of drug-likeness (QED) is 0.652. The van der Waals surface area contributed by atoms with Crippen LogP contribution in [0.3, 0.4) is 0 Å². The van der Waals surface area contributed by atoms with Gasteiger partial charge in [-0.25, -0.2) is 9.37 Å². The summed E-state index contributed by atoms with van der Waals surface area (Å²) in [6, 6.07) is 13.2. The molecule has 0 fully saturated rings. The van der Waals surface area contributed by atoms with Crippen molar-refractivity contribution in [2.24, 2.45) is 0 Å². The average molecular weight is 404 g/mol. The number of rotatable bonds is 6. The van der Waals surface area contributed by atoms with E-state index in [0.29, 0.717) is 15.7 Å². The summed E-state index contributed by atoms with van der Waals surface area (Å²) in [5.74, 6) is -1.07. The second-order valence-corrected chi connectivity index (χ2v) is 6.96. The molecule has 5 nitrogen and oxygen atoms in total. The van der Waals surface area contributed by atoms with E-state index in [2.05, 4.69) is 15.6 Å². The number of benzene rings is 2. The minimum Gasteiger partial charge on any atom is -0.346 e. The summed E-state index contributed by atoms with van der Waals surface area (Å²) in [7, 11) is 0. The van der Waals surface area contributed by atoms with Gasteiger partial charge in [0, 0.05) is 22.5 Å². The minimum atomic E-state index is -0.437. The lowest BCUT2D eigenvalue weighted by Gasteiger charge is -2.04. The highest BCUT2D eigenvalue weighted by Gasteiger charge is 2.13. The molecule has 1 aromatic heterocycles. The molecule has 1 heterocycles. The van der Waals surface area contributed by atoms with Gasteiger partial charge in [0.1, 0.15) is 11.5 Å². The Hall–Kier alpha value is -2.77. The molecule has 27 heavy (non-hydrogen) atoms. The van der Waals surface area contributed by atoms with Gasteiger partial charge < -0.3 is 10.6 Å². The van der Waals surface area contributed by atoms with E-state index >= 15 is 0 Å². The maximum Gasteiger partial charge on any atom is 0.271 e. The molecule has 0 aliphatic rings. The molecule has 3 aromatic rings. The van der Waals surface area contributed by atoms with Crippen LogP contribution in [-0.2, 0) is 17.8 Å². The van der Waals surface area contributed by atoms with Crippen molar-refractivity contribution in [3.63, 3.8) is 0 Å². The van der Waals surface area contributed by atoms with Gasteiger partial charge in [-0.15, -0.1) is 11.3 Å². The zero-order valence-corrected chi connectivity index (χ0v) is 15.6. The summed E-state index contributed by atoms with van der Waals surface area (Å²) < 4.78 is 13.6. The Morgan fingerprint density at radius 2 is 1.85 bits per heavy atom. The van der Waals surface area contributed by atoms with E-state index in [-0.39, 0.29) is 30.4 Å². The molecule has 0 unspecified atom stereocenters. The SMILES string of the molecule is O=C(Cc1ccc(Cl)cc1)Nc1nc(C(=O)NCc2ccccc2F)cs1. The first kappa shape index (κ1) is 19.0. The van der Waals surface area contributed by atoms with Crippen LogP contribution in [-0.4, -0.2) is 16.8 Å². The molecule has 2 amide bonds. The minimum absolute atomic E-state index is 0.0568. The van der Waals surface area contributed by atoms with E-state index in [1.54, 1.807) is 42.5 Å². The van der Waals surface area contributed by atoms with Gasteiger partial charge in [0.25, 0.3) is 5.91 Å². The lowest BCUT2D eigenvalue weighted by molar-refractivity contribution is -0.115. The largest absolute Gasteiger partial charge is 0.346 e. The van der Waals surface area contributed by atoms with Gasteiger partial charge in [0.2, 0.25) is 5.91 Å². The first-order chi connectivity index (χ1) is 13.0. The molecule has 2 N–H and O–H groups in total. The summed E-state index contributed by atoms with van der Waals surface area (Å²) in [5.41, 5.74) is 1.37. The molecule has 0 saturated heterocycles. The van der Waals surface area contributed by atoms with Gasteiger partial charge in [0.15, 0.2) is 5.13 Å². The predicted octanol–water partition coefficient (Wildman–Crippen LogP) is 4.05. The molecule has 0 bridgehead atoms. The molecular weight excluding hydrogens is 389 g/mol. The average Bonchev–Trinajstić information content (AvgIpc) is 3.11. The van der Waals surface area contributed by atoms with Crippen LogP contribution in [0.1, 0.15) is 21.6 Å². The number of hydrogen-bond acceptors (Lipinski definition) is 4. The Balaban J connectivity index is 1.54. The normalized spacial score (nSPS) is 10.4. The second-order valence-electron chi connectivity index (χ2n) is 5.66.